The van der Waals surface area contributed by atoms with E-state index in [-0.39, 0.29) is 5.70 Å². The van der Waals surface area contributed by atoms with E-state index in [1.54, 1.807) is 23.5 Å². The Morgan fingerprint density at radius 1 is 1.29 bits per heavy atom. The van der Waals surface area contributed by atoms with Crippen molar-refractivity contribution in [3.8, 4) is 11.8 Å². The van der Waals surface area contributed by atoms with Crippen LogP contribution in [0.1, 0.15) is 19.4 Å². The number of rotatable bonds is 7. The summed E-state index contributed by atoms with van der Waals surface area (Å²) in [6.45, 7) is 11.8. The number of nitrogens with zero attached hydrogens (tertiary/aromatic N) is 2. The fraction of sp³-hybridized carbons (Fsp3) is 0.263. The second-order valence-corrected chi connectivity index (χ2v) is 6.90. The highest BCUT2D eigenvalue weighted by molar-refractivity contribution is 8.21. The van der Waals surface area contributed by atoms with Crippen LogP contribution in [0.3, 0.4) is 0 Å². The molecule has 5 heteroatoms. The Kier molecular flexibility index (Phi) is 8.86. The topological polar surface area (TPSA) is 37.4 Å². The molecule has 0 heterocycles. The van der Waals surface area contributed by atoms with Crippen LogP contribution in [0.15, 0.2) is 51.9 Å². The van der Waals surface area contributed by atoms with Crippen LogP contribution >= 0.6 is 23.5 Å². The van der Waals surface area contributed by atoms with Gasteiger partial charge in [0.15, 0.2) is 0 Å². The lowest BCUT2D eigenvalue weighted by molar-refractivity contribution is 0.361. The van der Waals surface area contributed by atoms with Crippen LogP contribution in [0.2, 0.25) is 0 Å². The van der Waals surface area contributed by atoms with Crippen LogP contribution in [-0.4, -0.2) is 19.1 Å². The van der Waals surface area contributed by atoms with Crippen LogP contribution in [0.25, 0.3) is 10.4 Å². The Balaban J connectivity index is 3.43. The molecule has 1 rings (SSSR count). The van der Waals surface area contributed by atoms with E-state index < -0.39 is 0 Å². The summed E-state index contributed by atoms with van der Waals surface area (Å²) in [4.78, 5) is 3.39. The largest absolute Gasteiger partial charge is 0.489 e. The Morgan fingerprint density at radius 3 is 2.50 bits per heavy atom. The van der Waals surface area contributed by atoms with Gasteiger partial charge in [0.05, 0.1) is 12.6 Å². The van der Waals surface area contributed by atoms with Crippen LogP contribution in [0, 0.1) is 17.9 Å². The van der Waals surface area contributed by atoms with Gasteiger partial charge in [-0.25, -0.2) is 10.1 Å². The van der Waals surface area contributed by atoms with Gasteiger partial charge in [-0.2, -0.15) is 0 Å². The molecular weight excluding hydrogens is 336 g/mol. The first-order chi connectivity index (χ1) is 11.6. The van der Waals surface area contributed by atoms with E-state index in [2.05, 4.69) is 4.85 Å². The van der Waals surface area contributed by atoms with Gasteiger partial charge in [-0.15, -0.1) is 23.5 Å². The molecule has 0 fully saturated rings. The zero-order valence-corrected chi connectivity index (χ0v) is 15.9. The lowest BCUT2D eigenvalue weighted by atomic mass is 10.0. The van der Waals surface area contributed by atoms with Crippen molar-refractivity contribution in [2.45, 2.75) is 13.8 Å². The van der Waals surface area contributed by atoms with Crippen molar-refractivity contribution in [3.05, 3.63) is 68.9 Å². The lowest BCUT2D eigenvalue weighted by Crippen LogP contribution is -1.98. The number of hydrogen-bond donors (Lipinski definition) is 0. The quantitative estimate of drug-likeness (QED) is 0.270. The number of hydrogen-bond acceptors (Lipinski definition) is 4. The summed E-state index contributed by atoms with van der Waals surface area (Å²) in [6, 6.07) is 9.51. The maximum atomic E-state index is 9.34. The third-order valence-corrected chi connectivity index (χ3v) is 5.09. The van der Waals surface area contributed by atoms with Crippen molar-refractivity contribution >= 4 is 29.1 Å². The summed E-state index contributed by atoms with van der Waals surface area (Å²) >= 11 is 3.17. The number of allylic oxidation sites excluding steroid dienone is 4. The number of para-hydroxylation sites is 1. The molecule has 0 aliphatic heterocycles. The van der Waals surface area contributed by atoms with Gasteiger partial charge < -0.3 is 4.74 Å². The predicted octanol–water partition coefficient (Wildman–Crippen LogP) is 5.75. The highest BCUT2D eigenvalue weighted by atomic mass is 32.2. The van der Waals surface area contributed by atoms with Crippen LogP contribution in [0.5, 0.6) is 5.75 Å². The molecular formula is C19H20N2OS2. The maximum Gasteiger partial charge on any atom is 0.269 e. The highest BCUT2D eigenvalue weighted by Crippen LogP contribution is 2.34. The number of ether oxygens (including phenoxy) is 1. The number of nitriles is 1. The van der Waals surface area contributed by atoms with Crippen molar-refractivity contribution in [2.24, 2.45) is 0 Å². The summed E-state index contributed by atoms with van der Waals surface area (Å²) in [5, 5.41) is 9.34. The molecule has 3 nitrogen and oxygen atoms in total. The summed E-state index contributed by atoms with van der Waals surface area (Å²) in [7, 11) is 0. The second kappa shape index (κ2) is 10.6. The van der Waals surface area contributed by atoms with Gasteiger partial charge in [-0.1, -0.05) is 23.8 Å². The molecule has 1 aromatic carbocycles. The zero-order valence-electron chi connectivity index (χ0n) is 14.3. The van der Waals surface area contributed by atoms with Crippen LogP contribution < -0.4 is 4.74 Å². The average molecular weight is 357 g/mol. The first-order valence-corrected chi connectivity index (χ1v) is 9.69. The normalized spacial score (nSPS) is 10.8. The first-order valence-electron chi connectivity index (χ1n) is 7.24. The molecule has 0 radical (unpaired) electrons. The SMILES string of the molecule is [C-]#[N+]/C(C#N)=C(/C=C(SC)SC)c1ccccc1OCC=C(C)C. The maximum absolute atomic E-state index is 9.34. The molecule has 0 amide bonds. The van der Waals surface area contributed by atoms with E-state index in [1.165, 1.54) is 5.57 Å². The van der Waals surface area contributed by atoms with Crippen molar-refractivity contribution < 1.29 is 4.74 Å². The van der Waals surface area contributed by atoms with Gasteiger partial charge in [0.1, 0.15) is 12.4 Å². The van der Waals surface area contributed by atoms with Crippen molar-refractivity contribution in [1.29, 1.82) is 5.26 Å². The molecule has 0 saturated heterocycles. The minimum Gasteiger partial charge on any atom is -0.489 e. The van der Waals surface area contributed by atoms with Gasteiger partial charge in [-0.05, 0) is 44.6 Å². The molecule has 124 valence electrons. The summed E-state index contributed by atoms with van der Waals surface area (Å²) in [5.74, 6) is 0.666. The molecule has 0 N–H and O–H groups in total. The van der Waals surface area contributed by atoms with Gasteiger partial charge >= 0.3 is 0 Å². The molecule has 0 aliphatic carbocycles. The molecule has 1 aromatic rings. The van der Waals surface area contributed by atoms with E-state index in [1.807, 2.05) is 68.8 Å². The van der Waals surface area contributed by atoms with E-state index in [0.29, 0.717) is 17.9 Å². The fourth-order valence-electron chi connectivity index (χ4n) is 1.85. The van der Waals surface area contributed by atoms with Crippen LogP contribution in [-0.2, 0) is 0 Å². The molecule has 0 bridgehead atoms. The third-order valence-electron chi connectivity index (χ3n) is 3.05. The number of benzene rings is 1. The summed E-state index contributed by atoms with van der Waals surface area (Å²) in [5.41, 5.74) is 2.59. The Labute approximate surface area is 152 Å². The minimum atomic E-state index is 0.0638. The van der Waals surface area contributed by atoms with Gasteiger partial charge in [0.2, 0.25) is 0 Å². The van der Waals surface area contributed by atoms with E-state index in [4.69, 9.17) is 11.3 Å². The van der Waals surface area contributed by atoms with Gasteiger partial charge in [0, 0.05) is 15.4 Å². The van der Waals surface area contributed by atoms with E-state index in [0.717, 1.165) is 9.80 Å². The Hall–Kier alpha value is -2.08. The second-order valence-electron chi connectivity index (χ2n) is 4.95. The lowest BCUT2D eigenvalue weighted by Gasteiger charge is -2.12. The monoisotopic (exact) mass is 356 g/mol. The number of thioether (sulfide) groups is 2. The molecule has 0 spiro atoms. The van der Waals surface area contributed by atoms with Crippen molar-refractivity contribution in [1.82, 2.24) is 0 Å². The van der Waals surface area contributed by atoms with E-state index >= 15 is 0 Å². The van der Waals surface area contributed by atoms with Crippen LogP contribution in [0.4, 0.5) is 0 Å². The predicted molar refractivity (Wildman–Crippen MR) is 106 cm³/mol. The molecule has 0 aliphatic rings. The van der Waals surface area contributed by atoms with Gasteiger partial charge in [0.25, 0.3) is 5.70 Å². The van der Waals surface area contributed by atoms with E-state index in [9.17, 15) is 5.26 Å². The summed E-state index contributed by atoms with van der Waals surface area (Å²) in [6.07, 6.45) is 7.82. The Bertz CT molecular complexity index is 723. The van der Waals surface area contributed by atoms with Crippen molar-refractivity contribution in [2.75, 3.05) is 19.1 Å². The van der Waals surface area contributed by atoms with Gasteiger partial charge in [-0.3, -0.25) is 0 Å². The highest BCUT2D eigenvalue weighted by Gasteiger charge is 2.13. The molecule has 0 unspecified atom stereocenters. The molecule has 0 atom stereocenters. The first kappa shape index (κ1) is 20.0. The zero-order chi connectivity index (χ0) is 17.9. The molecule has 24 heavy (non-hydrogen) atoms. The average Bonchev–Trinajstić information content (AvgIpc) is 2.59. The third kappa shape index (κ3) is 5.85. The smallest absolute Gasteiger partial charge is 0.269 e. The minimum absolute atomic E-state index is 0.0638. The Morgan fingerprint density at radius 2 is 1.96 bits per heavy atom. The van der Waals surface area contributed by atoms with Crippen molar-refractivity contribution in [3.63, 3.8) is 0 Å². The molecule has 0 aromatic heterocycles. The fourth-order valence-corrected chi connectivity index (χ4v) is 2.99. The standard InChI is InChI=1S/C19H20N2OS2/c1-14(2)10-11-22-18-9-7-6-8-15(18)16(17(13-20)21-3)12-19(23-4)24-5/h6-10,12H,11H2,1-2,4-5H3/b17-16-. The molecule has 0 saturated carbocycles. The summed E-state index contributed by atoms with van der Waals surface area (Å²) < 4.78 is 6.88.